The second kappa shape index (κ2) is 6.37. The summed E-state index contributed by atoms with van der Waals surface area (Å²) in [5.41, 5.74) is 7.35. The second-order valence-corrected chi connectivity index (χ2v) is 3.64. The quantitative estimate of drug-likeness (QED) is 0.599. The molecule has 1 unspecified atom stereocenters. The average Bonchev–Trinajstić information content (AvgIpc) is 2.22. The smallest absolute Gasteiger partial charge is 0.0706 e. The average molecular weight is 209 g/mol. The van der Waals surface area contributed by atoms with Gasteiger partial charge in [0, 0.05) is 31.0 Å². The maximum atomic E-state index is 9.71. The van der Waals surface area contributed by atoms with Crippen molar-refractivity contribution in [2.24, 2.45) is 0 Å². The molecule has 1 aromatic heterocycles. The molecule has 4 nitrogen and oxygen atoms in total. The number of pyridine rings is 1. The van der Waals surface area contributed by atoms with E-state index >= 15 is 0 Å². The van der Waals surface area contributed by atoms with Gasteiger partial charge in [-0.25, -0.2) is 0 Å². The Hall–Kier alpha value is -1.13. The molecule has 1 heterocycles. The first-order valence-electron chi connectivity index (χ1n) is 5.31. The van der Waals surface area contributed by atoms with E-state index in [1.807, 2.05) is 0 Å². The summed E-state index contributed by atoms with van der Waals surface area (Å²) in [7, 11) is 0. The standard InChI is InChI=1S/C11H19N3O/c1-2-4-13-8-10(15)6-9-7-14-5-3-11(9)12/h3,5,7,10,13,15H,2,4,6,8H2,1H3,(H2,12,14). The van der Waals surface area contributed by atoms with E-state index in [4.69, 9.17) is 5.73 Å². The largest absolute Gasteiger partial charge is 0.398 e. The third-order valence-electron chi connectivity index (χ3n) is 2.20. The van der Waals surface area contributed by atoms with Crippen LogP contribution in [0.2, 0.25) is 0 Å². The maximum Gasteiger partial charge on any atom is 0.0706 e. The van der Waals surface area contributed by atoms with Crippen LogP contribution in [0.5, 0.6) is 0 Å². The Bertz CT molecular complexity index is 291. The van der Waals surface area contributed by atoms with E-state index in [1.165, 1.54) is 0 Å². The molecule has 0 bridgehead atoms. The van der Waals surface area contributed by atoms with E-state index in [1.54, 1.807) is 18.5 Å². The lowest BCUT2D eigenvalue weighted by Crippen LogP contribution is -2.29. The van der Waals surface area contributed by atoms with Crippen LogP contribution in [0.1, 0.15) is 18.9 Å². The molecular weight excluding hydrogens is 190 g/mol. The van der Waals surface area contributed by atoms with Crippen molar-refractivity contribution in [1.29, 1.82) is 0 Å². The number of nitrogens with two attached hydrogens (primary N) is 1. The summed E-state index contributed by atoms with van der Waals surface area (Å²) in [5, 5.41) is 12.9. The lowest BCUT2D eigenvalue weighted by molar-refractivity contribution is 0.172. The molecule has 1 rings (SSSR count). The number of hydrogen-bond donors (Lipinski definition) is 3. The van der Waals surface area contributed by atoms with E-state index in [0.29, 0.717) is 18.7 Å². The molecule has 15 heavy (non-hydrogen) atoms. The number of hydrogen-bond acceptors (Lipinski definition) is 4. The highest BCUT2D eigenvalue weighted by Gasteiger charge is 2.07. The van der Waals surface area contributed by atoms with E-state index in [-0.39, 0.29) is 0 Å². The molecule has 0 saturated heterocycles. The van der Waals surface area contributed by atoms with Gasteiger partial charge in [0.2, 0.25) is 0 Å². The van der Waals surface area contributed by atoms with E-state index < -0.39 is 6.10 Å². The van der Waals surface area contributed by atoms with Crippen LogP contribution in [0.3, 0.4) is 0 Å². The van der Waals surface area contributed by atoms with Crippen molar-refractivity contribution < 1.29 is 5.11 Å². The first kappa shape index (κ1) is 11.9. The van der Waals surface area contributed by atoms with Gasteiger partial charge in [-0.1, -0.05) is 6.92 Å². The molecular formula is C11H19N3O. The topological polar surface area (TPSA) is 71.2 Å². The van der Waals surface area contributed by atoms with Crippen LogP contribution in [-0.4, -0.2) is 29.3 Å². The lowest BCUT2D eigenvalue weighted by Gasteiger charge is -2.12. The molecule has 1 atom stereocenters. The van der Waals surface area contributed by atoms with Crippen LogP contribution in [0.15, 0.2) is 18.5 Å². The Morgan fingerprint density at radius 1 is 1.60 bits per heavy atom. The SMILES string of the molecule is CCCNCC(O)Cc1cnccc1N. The Labute approximate surface area is 90.5 Å². The maximum absolute atomic E-state index is 9.71. The molecule has 0 spiro atoms. The predicted octanol–water partition coefficient (Wildman–Crippen LogP) is 0.567. The van der Waals surface area contributed by atoms with Gasteiger partial charge in [-0.15, -0.1) is 0 Å². The van der Waals surface area contributed by atoms with Crippen LogP contribution in [0.4, 0.5) is 5.69 Å². The summed E-state index contributed by atoms with van der Waals surface area (Å²) in [6, 6.07) is 1.75. The number of aliphatic hydroxyl groups excluding tert-OH is 1. The van der Waals surface area contributed by atoms with Gasteiger partial charge in [0.1, 0.15) is 0 Å². The molecule has 0 aliphatic carbocycles. The molecule has 0 aromatic carbocycles. The molecule has 4 heteroatoms. The molecule has 0 radical (unpaired) electrons. The van der Waals surface area contributed by atoms with Crippen molar-refractivity contribution in [3.8, 4) is 0 Å². The molecule has 0 fully saturated rings. The van der Waals surface area contributed by atoms with Crippen molar-refractivity contribution in [3.05, 3.63) is 24.0 Å². The number of aromatic nitrogens is 1. The van der Waals surface area contributed by atoms with E-state index in [2.05, 4.69) is 17.2 Å². The normalized spacial score (nSPS) is 12.7. The Morgan fingerprint density at radius 3 is 3.07 bits per heavy atom. The summed E-state index contributed by atoms with van der Waals surface area (Å²) < 4.78 is 0. The molecule has 0 amide bonds. The summed E-state index contributed by atoms with van der Waals surface area (Å²) in [5.74, 6) is 0. The van der Waals surface area contributed by atoms with Gasteiger partial charge < -0.3 is 16.2 Å². The fourth-order valence-corrected chi connectivity index (χ4v) is 1.38. The number of nitrogens with one attached hydrogen (secondary N) is 1. The van der Waals surface area contributed by atoms with Crippen molar-refractivity contribution in [1.82, 2.24) is 10.3 Å². The zero-order chi connectivity index (χ0) is 11.1. The molecule has 1 aromatic rings. The van der Waals surface area contributed by atoms with Crippen LogP contribution in [-0.2, 0) is 6.42 Å². The van der Waals surface area contributed by atoms with Gasteiger partial charge in [0.25, 0.3) is 0 Å². The van der Waals surface area contributed by atoms with Crippen LogP contribution in [0.25, 0.3) is 0 Å². The van der Waals surface area contributed by atoms with Gasteiger partial charge in [0.15, 0.2) is 0 Å². The monoisotopic (exact) mass is 209 g/mol. The summed E-state index contributed by atoms with van der Waals surface area (Å²) in [6.07, 6.45) is 4.58. The second-order valence-electron chi connectivity index (χ2n) is 3.64. The highest BCUT2D eigenvalue weighted by atomic mass is 16.3. The third-order valence-corrected chi connectivity index (χ3v) is 2.20. The fourth-order valence-electron chi connectivity index (χ4n) is 1.38. The molecule has 0 saturated carbocycles. The Kier molecular flexibility index (Phi) is 5.07. The van der Waals surface area contributed by atoms with Gasteiger partial charge in [-0.2, -0.15) is 0 Å². The molecule has 84 valence electrons. The minimum Gasteiger partial charge on any atom is -0.398 e. The minimum atomic E-state index is -0.400. The van der Waals surface area contributed by atoms with Gasteiger partial charge >= 0.3 is 0 Å². The summed E-state index contributed by atoms with van der Waals surface area (Å²) in [4.78, 5) is 3.98. The third kappa shape index (κ3) is 4.27. The Balaban J connectivity index is 2.37. The van der Waals surface area contributed by atoms with Gasteiger partial charge in [-0.3, -0.25) is 4.98 Å². The van der Waals surface area contributed by atoms with Crippen molar-refractivity contribution >= 4 is 5.69 Å². The molecule has 0 aliphatic heterocycles. The number of nitrogen functional groups attached to an aromatic ring is 1. The van der Waals surface area contributed by atoms with Crippen molar-refractivity contribution in [3.63, 3.8) is 0 Å². The lowest BCUT2D eigenvalue weighted by atomic mass is 10.1. The van der Waals surface area contributed by atoms with E-state index in [9.17, 15) is 5.11 Å². The zero-order valence-corrected chi connectivity index (χ0v) is 9.11. The van der Waals surface area contributed by atoms with Crippen molar-refractivity contribution in [2.45, 2.75) is 25.9 Å². The number of rotatable bonds is 6. The fraction of sp³-hybridized carbons (Fsp3) is 0.545. The first-order chi connectivity index (χ1) is 7.24. The van der Waals surface area contributed by atoms with Gasteiger partial charge in [0.05, 0.1) is 6.10 Å². The van der Waals surface area contributed by atoms with Crippen LogP contribution >= 0.6 is 0 Å². The number of nitrogens with zero attached hydrogens (tertiary/aromatic N) is 1. The first-order valence-corrected chi connectivity index (χ1v) is 5.31. The predicted molar refractivity (Wildman–Crippen MR) is 61.5 cm³/mol. The van der Waals surface area contributed by atoms with Crippen LogP contribution in [0, 0.1) is 0 Å². The van der Waals surface area contributed by atoms with E-state index in [0.717, 1.165) is 18.5 Å². The highest BCUT2D eigenvalue weighted by Crippen LogP contribution is 2.10. The minimum absolute atomic E-state index is 0.400. The van der Waals surface area contributed by atoms with Crippen LogP contribution < -0.4 is 11.1 Å². The number of anilines is 1. The molecule has 0 aliphatic rings. The van der Waals surface area contributed by atoms with Crippen molar-refractivity contribution in [2.75, 3.05) is 18.8 Å². The summed E-state index contributed by atoms with van der Waals surface area (Å²) in [6.45, 7) is 3.63. The molecule has 4 N–H and O–H groups in total. The number of aliphatic hydroxyl groups is 1. The Morgan fingerprint density at radius 2 is 2.40 bits per heavy atom. The highest BCUT2D eigenvalue weighted by molar-refractivity contribution is 5.44. The summed E-state index contributed by atoms with van der Waals surface area (Å²) >= 11 is 0. The zero-order valence-electron chi connectivity index (χ0n) is 9.11. The van der Waals surface area contributed by atoms with Gasteiger partial charge in [-0.05, 0) is 24.6 Å².